The first-order valence-corrected chi connectivity index (χ1v) is 7.13. The summed E-state index contributed by atoms with van der Waals surface area (Å²) in [5, 5.41) is 0.748. The van der Waals surface area contributed by atoms with Gasteiger partial charge in [-0.1, -0.05) is 35.9 Å². The quantitative estimate of drug-likeness (QED) is 0.900. The molecule has 0 aromatic heterocycles. The molecule has 0 saturated heterocycles. The SMILES string of the molecule is Cc1ccc(C(N)c2ccc(OC(C)C)cc2)cc1Cl. The molecule has 2 rings (SSSR count). The summed E-state index contributed by atoms with van der Waals surface area (Å²) in [7, 11) is 0. The molecule has 0 aliphatic rings. The first kappa shape index (κ1) is 14.9. The summed E-state index contributed by atoms with van der Waals surface area (Å²) in [6.07, 6.45) is 0.172. The molecule has 0 amide bonds. The summed E-state index contributed by atoms with van der Waals surface area (Å²) in [5.74, 6) is 0.859. The van der Waals surface area contributed by atoms with Gasteiger partial charge in [-0.15, -0.1) is 0 Å². The largest absolute Gasteiger partial charge is 0.491 e. The predicted octanol–water partition coefficient (Wildman–Crippen LogP) is 4.48. The van der Waals surface area contributed by atoms with Crippen LogP contribution < -0.4 is 10.5 Å². The van der Waals surface area contributed by atoms with Crippen LogP contribution in [0.25, 0.3) is 0 Å². The fraction of sp³-hybridized carbons (Fsp3) is 0.294. The van der Waals surface area contributed by atoms with Crippen molar-refractivity contribution in [2.75, 3.05) is 0 Å². The van der Waals surface area contributed by atoms with E-state index in [0.29, 0.717) is 0 Å². The van der Waals surface area contributed by atoms with E-state index in [1.807, 2.05) is 63.2 Å². The van der Waals surface area contributed by atoms with Gasteiger partial charge in [-0.25, -0.2) is 0 Å². The molecule has 0 aliphatic carbocycles. The normalized spacial score (nSPS) is 12.5. The van der Waals surface area contributed by atoms with Crippen LogP contribution in [0.15, 0.2) is 42.5 Å². The van der Waals surface area contributed by atoms with Crippen LogP contribution in [-0.2, 0) is 0 Å². The van der Waals surface area contributed by atoms with Crippen LogP contribution >= 0.6 is 11.6 Å². The Morgan fingerprint density at radius 2 is 1.60 bits per heavy atom. The number of hydrogen-bond donors (Lipinski definition) is 1. The van der Waals surface area contributed by atoms with Gasteiger partial charge in [0, 0.05) is 5.02 Å². The maximum Gasteiger partial charge on any atom is 0.119 e. The highest BCUT2D eigenvalue weighted by atomic mass is 35.5. The van der Waals surface area contributed by atoms with Crippen molar-refractivity contribution in [3.63, 3.8) is 0 Å². The second kappa shape index (κ2) is 6.29. The summed E-state index contributed by atoms with van der Waals surface area (Å²) in [6, 6.07) is 13.7. The van der Waals surface area contributed by atoms with Crippen LogP contribution in [0.5, 0.6) is 5.75 Å². The van der Waals surface area contributed by atoms with Gasteiger partial charge < -0.3 is 10.5 Å². The first-order chi connectivity index (χ1) is 9.47. The molecule has 0 saturated carbocycles. The van der Waals surface area contributed by atoms with Gasteiger partial charge in [-0.2, -0.15) is 0 Å². The second-order valence-corrected chi connectivity index (χ2v) is 5.63. The standard InChI is InChI=1S/C17H20ClNO/c1-11(2)20-15-8-6-13(7-9-15)17(19)14-5-4-12(3)16(18)10-14/h4-11,17H,19H2,1-3H3. The molecule has 2 N–H and O–H groups in total. The molecular weight excluding hydrogens is 270 g/mol. The molecule has 2 nitrogen and oxygen atoms in total. The van der Waals surface area contributed by atoms with Crippen LogP contribution in [0.2, 0.25) is 5.02 Å². The molecule has 0 spiro atoms. The van der Waals surface area contributed by atoms with E-state index in [9.17, 15) is 0 Å². The number of hydrogen-bond acceptors (Lipinski definition) is 2. The maximum absolute atomic E-state index is 6.29. The lowest BCUT2D eigenvalue weighted by molar-refractivity contribution is 0.242. The Morgan fingerprint density at radius 1 is 1.00 bits per heavy atom. The minimum atomic E-state index is -0.179. The Hall–Kier alpha value is -1.51. The molecule has 20 heavy (non-hydrogen) atoms. The van der Waals surface area contributed by atoms with Crippen molar-refractivity contribution in [3.05, 3.63) is 64.2 Å². The molecule has 3 heteroatoms. The summed E-state index contributed by atoms with van der Waals surface area (Å²) in [6.45, 7) is 6.00. The molecule has 0 fully saturated rings. The van der Waals surface area contributed by atoms with E-state index < -0.39 is 0 Å². The Bertz CT molecular complexity index is 578. The minimum absolute atomic E-state index is 0.172. The average molecular weight is 290 g/mol. The third-order valence-electron chi connectivity index (χ3n) is 3.17. The van der Waals surface area contributed by atoms with E-state index in [0.717, 1.165) is 27.5 Å². The molecule has 1 unspecified atom stereocenters. The monoisotopic (exact) mass is 289 g/mol. The highest BCUT2D eigenvalue weighted by molar-refractivity contribution is 6.31. The number of rotatable bonds is 4. The average Bonchev–Trinajstić information content (AvgIpc) is 2.41. The van der Waals surface area contributed by atoms with Crippen molar-refractivity contribution in [2.24, 2.45) is 5.73 Å². The summed E-state index contributed by atoms with van der Waals surface area (Å²) < 4.78 is 5.63. The lowest BCUT2D eigenvalue weighted by atomic mass is 9.98. The van der Waals surface area contributed by atoms with Crippen LogP contribution in [0.1, 0.15) is 36.6 Å². The van der Waals surface area contributed by atoms with E-state index in [2.05, 4.69) is 0 Å². The highest BCUT2D eigenvalue weighted by Crippen LogP contribution is 2.26. The van der Waals surface area contributed by atoms with Crippen molar-refractivity contribution >= 4 is 11.6 Å². The Kier molecular flexibility index (Phi) is 4.69. The number of aryl methyl sites for hydroxylation is 1. The number of nitrogens with two attached hydrogens (primary N) is 1. The molecule has 0 bridgehead atoms. The summed E-state index contributed by atoms with van der Waals surface area (Å²) in [4.78, 5) is 0. The van der Waals surface area contributed by atoms with E-state index in [-0.39, 0.29) is 12.1 Å². The third kappa shape index (κ3) is 3.53. The van der Waals surface area contributed by atoms with Crippen molar-refractivity contribution in [1.29, 1.82) is 0 Å². The molecule has 2 aromatic carbocycles. The van der Waals surface area contributed by atoms with Crippen molar-refractivity contribution in [3.8, 4) is 5.75 Å². The Labute approximate surface area is 125 Å². The van der Waals surface area contributed by atoms with E-state index in [1.165, 1.54) is 0 Å². The van der Waals surface area contributed by atoms with Crippen molar-refractivity contribution < 1.29 is 4.74 Å². The molecule has 0 heterocycles. The Morgan fingerprint density at radius 3 is 2.15 bits per heavy atom. The molecule has 1 atom stereocenters. The maximum atomic E-state index is 6.29. The zero-order valence-electron chi connectivity index (χ0n) is 12.1. The van der Waals surface area contributed by atoms with Gasteiger partial charge in [0.2, 0.25) is 0 Å². The van der Waals surface area contributed by atoms with Gasteiger partial charge >= 0.3 is 0 Å². The van der Waals surface area contributed by atoms with Gasteiger partial charge in [0.15, 0.2) is 0 Å². The number of ether oxygens (including phenoxy) is 1. The van der Waals surface area contributed by atoms with Crippen molar-refractivity contribution in [2.45, 2.75) is 32.9 Å². The minimum Gasteiger partial charge on any atom is -0.491 e. The van der Waals surface area contributed by atoms with Crippen LogP contribution in [0, 0.1) is 6.92 Å². The van der Waals surface area contributed by atoms with E-state index in [4.69, 9.17) is 22.1 Å². The fourth-order valence-electron chi connectivity index (χ4n) is 2.02. The molecule has 2 aromatic rings. The second-order valence-electron chi connectivity index (χ2n) is 5.22. The van der Waals surface area contributed by atoms with Gasteiger partial charge in [-0.05, 0) is 55.7 Å². The van der Waals surface area contributed by atoms with Crippen LogP contribution in [-0.4, -0.2) is 6.10 Å². The topological polar surface area (TPSA) is 35.2 Å². The Balaban J connectivity index is 2.20. The zero-order valence-corrected chi connectivity index (χ0v) is 12.8. The first-order valence-electron chi connectivity index (χ1n) is 6.75. The van der Waals surface area contributed by atoms with E-state index >= 15 is 0 Å². The van der Waals surface area contributed by atoms with Crippen molar-refractivity contribution in [1.82, 2.24) is 0 Å². The molecule has 0 aliphatic heterocycles. The number of benzene rings is 2. The number of halogens is 1. The lowest BCUT2D eigenvalue weighted by Gasteiger charge is -2.15. The molecule has 106 valence electrons. The lowest BCUT2D eigenvalue weighted by Crippen LogP contribution is -2.12. The van der Waals surface area contributed by atoms with Crippen LogP contribution in [0.4, 0.5) is 0 Å². The smallest absolute Gasteiger partial charge is 0.119 e. The van der Waals surface area contributed by atoms with Gasteiger partial charge in [0.1, 0.15) is 5.75 Å². The third-order valence-corrected chi connectivity index (χ3v) is 3.57. The van der Waals surface area contributed by atoms with Gasteiger partial charge in [0.25, 0.3) is 0 Å². The summed E-state index contributed by atoms with van der Waals surface area (Å²) >= 11 is 6.15. The molecular formula is C17H20ClNO. The van der Waals surface area contributed by atoms with E-state index in [1.54, 1.807) is 0 Å². The zero-order chi connectivity index (χ0) is 14.7. The van der Waals surface area contributed by atoms with Gasteiger partial charge in [0.05, 0.1) is 12.1 Å². The highest BCUT2D eigenvalue weighted by Gasteiger charge is 2.10. The summed E-state index contributed by atoms with van der Waals surface area (Å²) in [5.41, 5.74) is 9.40. The fourth-order valence-corrected chi connectivity index (χ4v) is 2.21. The van der Waals surface area contributed by atoms with Crippen LogP contribution in [0.3, 0.4) is 0 Å². The molecule has 0 radical (unpaired) electrons. The van der Waals surface area contributed by atoms with Gasteiger partial charge in [-0.3, -0.25) is 0 Å². The predicted molar refractivity (Wildman–Crippen MR) is 84.4 cm³/mol.